The van der Waals surface area contributed by atoms with Gasteiger partial charge in [0.25, 0.3) is 6.43 Å². The van der Waals surface area contributed by atoms with Crippen LogP contribution in [0.15, 0.2) is 6.20 Å². The number of aromatic nitrogens is 1. The van der Waals surface area contributed by atoms with Crippen LogP contribution in [-0.4, -0.2) is 9.91 Å². The molecule has 0 unspecified atom stereocenters. The highest BCUT2D eigenvalue weighted by molar-refractivity contribution is 14.1. The predicted molar refractivity (Wildman–Crippen MR) is 53.6 cm³/mol. The van der Waals surface area contributed by atoms with Crippen LogP contribution in [0.4, 0.5) is 14.5 Å². The van der Waals surface area contributed by atoms with Crippen LogP contribution in [-0.2, 0) is 0 Å². The summed E-state index contributed by atoms with van der Waals surface area (Å²) >= 11 is 7.19. The van der Waals surface area contributed by atoms with Gasteiger partial charge in [0.1, 0.15) is 5.02 Å². The van der Waals surface area contributed by atoms with Gasteiger partial charge >= 0.3 is 5.69 Å². The molecule has 1 heterocycles. The van der Waals surface area contributed by atoms with E-state index in [4.69, 9.17) is 11.6 Å². The van der Waals surface area contributed by atoms with Crippen molar-refractivity contribution in [3.05, 3.63) is 30.6 Å². The SMILES string of the molecule is O=[N+]([O-])c1c(C(F)F)ncc(I)c1Cl. The zero-order valence-corrected chi connectivity index (χ0v) is 9.29. The van der Waals surface area contributed by atoms with Crippen LogP contribution in [0.5, 0.6) is 0 Å². The Bertz CT molecular complexity index is 388. The van der Waals surface area contributed by atoms with Crippen LogP contribution in [0, 0.1) is 13.7 Å². The average molecular weight is 334 g/mol. The quantitative estimate of drug-likeness (QED) is 0.474. The smallest absolute Gasteiger partial charge is 0.258 e. The summed E-state index contributed by atoms with van der Waals surface area (Å²) in [4.78, 5) is 12.8. The van der Waals surface area contributed by atoms with Gasteiger partial charge in [-0.05, 0) is 22.6 Å². The van der Waals surface area contributed by atoms with Crippen molar-refractivity contribution >= 4 is 39.9 Å². The minimum atomic E-state index is -3.01. The van der Waals surface area contributed by atoms with Gasteiger partial charge in [0, 0.05) is 6.20 Å². The first-order valence-corrected chi connectivity index (χ1v) is 4.67. The number of hydrogen-bond acceptors (Lipinski definition) is 3. The Kier molecular flexibility index (Phi) is 3.53. The summed E-state index contributed by atoms with van der Waals surface area (Å²) in [7, 11) is 0. The molecule has 0 aromatic carbocycles. The average Bonchev–Trinajstić information content (AvgIpc) is 2.08. The highest BCUT2D eigenvalue weighted by atomic mass is 127. The zero-order valence-electron chi connectivity index (χ0n) is 6.38. The molecule has 14 heavy (non-hydrogen) atoms. The lowest BCUT2D eigenvalue weighted by Gasteiger charge is -2.03. The number of halogens is 4. The first-order chi connectivity index (χ1) is 6.45. The van der Waals surface area contributed by atoms with Gasteiger partial charge in [0.2, 0.25) is 0 Å². The van der Waals surface area contributed by atoms with E-state index in [1.807, 2.05) is 0 Å². The molecule has 1 rings (SSSR count). The molecule has 0 N–H and O–H groups in total. The molecule has 0 bridgehead atoms. The van der Waals surface area contributed by atoms with Crippen molar-refractivity contribution in [2.45, 2.75) is 6.43 Å². The van der Waals surface area contributed by atoms with E-state index in [-0.39, 0.29) is 8.59 Å². The highest BCUT2D eigenvalue weighted by Crippen LogP contribution is 2.35. The Morgan fingerprint density at radius 1 is 1.64 bits per heavy atom. The Morgan fingerprint density at radius 2 is 2.21 bits per heavy atom. The minimum absolute atomic E-state index is 0.264. The summed E-state index contributed by atoms with van der Waals surface area (Å²) in [6.07, 6.45) is -1.94. The van der Waals surface area contributed by atoms with E-state index in [9.17, 15) is 18.9 Å². The van der Waals surface area contributed by atoms with Gasteiger partial charge in [-0.1, -0.05) is 11.6 Å². The van der Waals surface area contributed by atoms with Crippen molar-refractivity contribution in [1.29, 1.82) is 0 Å². The van der Waals surface area contributed by atoms with Crippen LogP contribution in [0.25, 0.3) is 0 Å². The van der Waals surface area contributed by atoms with E-state index in [2.05, 4.69) is 4.98 Å². The van der Waals surface area contributed by atoms with Gasteiger partial charge in [0.15, 0.2) is 5.69 Å². The van der Waals surface area contributed by atoms with Crippen LogP contribution < -0.4 is 0 Å². The van der Waals surface area contributed by atoms with Gasteiger partial charge in [0.05, 0.1) is 8.49 Å². The fourth-order valence-electron chi connectivity index (χ4n) is 0.803. The third-order valence-corrected chi connectivity index (χ3v) is 2.89. The van der Waals surface area contributed by atoms with Crippen molar-refractivity contribution in [2.24, 2.45) is 0 Å². The van der Waals surface area contributed by atoms with Gasteiger partial charge in [-0.15, -0.1) is 0 Å². The third-order valence-electron chi connectivity index (χ3n) is 1.37. The molecule has 0 saturated carbocycles. The Labute approximate surface area is 95.6 Å². The largest absolute Gasteiger partial charge is 0.316 e. The van der Waals surface area contributed by atoms with E-state index in [1.54, 1.807) is 22.6 Å². The normalized spacial score (nSPS) is 10.6. The van der Waals surface area contributed by atoms with E-state index in [0.29, 0.717) is 0 Å². The molecular formula is C6H2ClF2IN2O2. The molecule has 8 heteroatoms. The van der Waals surface area contributed by atoms with E-state index < -0.39 is 22.7 Å². The molecule has 0 aliphatic rings. The second-order valence-corrected chi connectivity index (χ2v) is 3.75. The Balaban J connectivity index is 3.45. The molecule has 1 aromatic rings. The highest BCUT2D eigenvalue weighted by Gasteiger charge is 2.28. The lowest BCUT2D eigenvalue weighted by atomic mass is 10.3. The molecule has 0 radical (unpaired) electrons. The molecule has 0 amide bonds. The Hall–Kier alpha value is -0.570. The van der Waals surface area contributed by atoms with E-state index in [1.165, 1.54) is 0 Å². The van der Waals surface area contributed by atoms with Crippen molar-refractivity contribution in [2.75, 3.05) is 0 Å². The van der Waals surface area contributed by atoms with E-state index >= 15 is 0 Å². The topological polar surface area (TPSA) is 56.0 Å². The van der Waals surface area contributed by atoms with Crippen LogP contribution >= 0.6 is 34.2 Å². The number of nitrogens with zero attached hydrogens (tertiary/aromatic N) is 2. The summed E-state index contributed by atoms with van der Waals surface area (Å²) in [6.45, 7) is 0. The van der Waals surface area contributed by atoms with Gasteiger partial charge in [-0.25, -0.2) is 13.8 Å². The first kappa shape index (κ1) is 11.5. The maximum absolute atomic E-state index is 12.3. The monoisotopic (exact) mass is 334 g/mol. The van der Waals surface area contributed by atoms with Crippen LogP contribution in [0.3, 0.4) is 0 Å². The summed E-state index contributed by atoms with van der Waals surface area (Å²) < 4.78 is 24.8. The van der Waals surface area contributed by atoms with Crippen molar-refractivity contribution in [3.63, 3.8) is 0 Å². The predicted octanol–water partition coefficient (Wildman–Crippen LogP) is 3.19. The Morgan fingerprint density at radius 3 is 2.64 bits per heavy atom. The number of alkyl halides is 2. The molecule has 0 aliphatic heterocycles. The summed E-state index contributed by atoms with van der Waals surface area (Å²) in [6, 6.07) is 0. The van der Waals surface area contributed by atoms with Gasteiger partial charge < -0.3 is 0 Å². The number of pyridine rings is 1. The lowest BCUT2D eigenvalue weighted by molar-refractivity contribution is -0.386. The standard InChI is InChI=1S/C6H2ClF2IN2O2/c7-3-2(10)1-11-4(6(8)9)5(3)12(13)14/h1,6H. The second kappa shape index (κ2) is 4.30. The number of nitro groups is 1. The molecule has 4 nitrogen and oxygen atoms in total. The van der Waals surface area contributed by atoms with Gasteiger partial charge in [-0.3, -0.25) is 10.1 Å². The van der Waals surface area contributed by atoms with Gasteiger partial charge in [-0.2, -0.15) is 0 Å². The van der Waals surface area contributed by atoms with Crippen LogP contribution in [0.2, 0.25) is 5.02 Å². The number of rotatable bonds is 2. The second-order valence-electron chi connectivity index (χ2n) is 2.21. The summed E-state index contributed by atoms with van der Waals surface area (Å²) in [5.74, 6) is 0. The first-order valence-electron chi connectivity index (χ1n) is 3.21. The van der Waals surface area contributed by atoms with E-state index in [0.717, 1.165) is 6.20 Å². The molecular weight excluding hydrogens is 332 g/mol. The maximum atomic E-state index is 12.3. The lowest BCUT2D eigenvalue weighted by Crippen LogP contribution is -2.01. The minimum Gasteiger partial charge on any atom is -0.258 e. The third kappa shape index (κ3) is 2.08. The maximum Gasteiger partial charge on any atom is 0.316 e. The molecule has 0 aliphatic carbocycles. The molecule has 0 saturated heterocycles. The molecule has 0 fully saturated rings. The van der Waals surface area contributed by atoms with Crippen molar-refractivity contribution in [3.8, 4) is 0 Å². The fraction of sp³-hybridized carbons (Fsp3) is 0.167. The van der Waals surface area contributed by atoms with Crippen LogP contribution in [0.1, 0.15) is 12.1 Å². The molecule has 1 aromatic heterocycles. The zero-order chi connectivity index (χ0) is 10.9. The summed E-state index contributed by atoms with van der Waals surface area (Å²) in [5, 5.41) is 10.1. The molecule has 76 valence electrons. The van der Waals surface area contributed by atoms with Crippen molar-refractivity contribution < 1.29 is 13.7 Å². The fourth-order valence-corrected chi connectivity index (χ4v) is 1.41. The number of hydrogen-bond donors (Lipinski definition) is 0. The summed E-state index contributed by atoms with van der Waals surface area (Å²) in [5.41, 5.74) is -1.73. The van der Waals surface area contributed by atoms with Crippen molar-refractivity contribution in [1.82, 2.24) is 4.98 Å². The molecule has 0 atom stereocenters. The molecule has 0 spiro atoms.